The minimum atomic E-state index is -4.10. The van der Waals surface area contributed by atoms with E-state index in [2.05, 4.69) is 27.3 Å². The molecule has 5 rings (SSSR count). The zero-order valence-corrected chi connectivity index (χ0v) is 20.4. The number of hydrogen-bond acceptors (Lipinski definition) is 9. The van der Waals surface area contributed by atoms with Crippen molar-refractivity contribution in [1.29, 1.82) is 0 Å². The number of sulfonamides is 1. The molecule has 188 valence electrons. The maximum Gasteiger partial charge on any atom is 0.303 e. The highest BCUT2D eigenvalue weighted by molar-refractivity contribution is 7.89. The first-order valence-corrected chi connectivity index (χ1v) is 12.9. The van der Waals surface area contributed by atoms with E-state index in [0.29, 0.717) is 5.56 Å². The van der Waals surface area contributed by atoms with Gasteiger partial charge < -0.3 is 14.6 Å². The van der Waals surface area contributed by atoms with E-state index in [1.54, 1.807) is 42.5 Å². The van der Waals surface area contributed by atoms with Crippen LogP contribution in [0, 0.1) is 12.1 Å². The molecule has 0 bridgehead atoms. The average molecular weight is 520 g/mol. The van der Waals surface area contributed by atoms with Gasteiger partial charge in [-0.2, -0.15) is 0 Å². The summed E-state index contributed by atoms with van der Waals surface area (Å²) in [6.45, 7) is 0. The number of rotatable bonds is 9. The van der Waals surface area contributed by atoms with Gasteiger partial charge in [0.2, 0.25) is 21.7 Å². The third-order valence-electron chi connectivity index (χ3n) is 5.37. The second kappa shape index (κ2) is 9.79. The lowest BCUT2D eigenvalue weighted by molar-refractivity contribution is 0.0969. The van der Waals surface area contributed by atoms with Gasteiger partial charge >= 0.3 is 5.91 Å². The van der Waals surface area contributed by atoms with Gasteiger partial charge in [-0.05, 0) is 36.6 Å². The molecule has 1 fully saturated rings. The smallest absolute Gasteiger partial charge is 0.303 e. The molecule has 0 saturated heterocycles. The van der Waals surface area contributed by atoms with E-state index in [1.165, 1.54) is 19.2 Å². The predicted octanol–water partition coefficient (Wildman–Crippen LogP) is 2.44. The third-order valence-corrected chi connectivity index (χ3v) is 6.58. The molecule has 0 atom stereocenters. The van der Waals surface area contributed by atoms with Gasteiger partial charge in [0.25, 0.3) is 0 Å². The van der Waals surface area contributed by atoms with Crippen LogP contribution in [0.25, 0.3) is 17.2 Å². The van der Waals surface area contributed by atoms with Gasteiger partial charge in [-0.1, -0.05) is 42.5 Å². The maximum absolute atomic E-state index is 13.2. The fraction of sp³-hybridized carbons (Fsp3) is 0.200. The number of para-hydroxylation sites is 1. The number of nitrogens with one attached hydrogen (secondary N) is 1. The first-order valence-electron chi connectivity index (χ1n) is 11.2. The summed E-state index contributed by atoms with van der Waals surface area (Å²) in [5.41, 5.74) is 0.621. The predicted molar refractivity (Wildman–Crippen MR) is 131 cm³/mol. The Labute approximate surface area is 212 Å². The Hall–Kier alpha value is -4.63. The summed E-state index contributed by atoms with van der Waals surface area (Å²) in [7, 11) is -2.72. The number of aromatic hydroxyl groups is 1. The molecule has 0 aliphatic heterocycles. The van der Waals surface area contributed by atoms with Gasteiger partial charge in [0.05, 0.1) is 18.9 Å². The molecule has 1 saturated carbocycles. The normalized spacial score (nSPS) is 13.0. The van der Waals surface area contributed by atoms with Crippen molar-refractivity contribution in [1.82, 2.24) is 24.5 Å². The van der Waals surface area contributed by atoms with E-state index in [-0.39, 0.29) is 40.7 Å². The lowest BCUT2D eigenvalue weighted by Gasteiger charge is -2.15. The second-order valence-corrected chi connectivity index (χ2v) is 9.94. The zero-order chi connectivity index (χ0) is 26.0. The number of aromatic nitrogens is 4. The number of phenols is 1. The number of nitrogens with zero attached hydrogens (tertiary/aromatic N) is 4. The topological polar surface area (TPSA) is 146 Å². The van der Waals surface area contributed by atoms with Crippen LogP contribution in [0.2, 0.25) is 0 Å². The van der Waals surface area contributed by atoms with Crippen molar-refractivity contribution in [2.45, 2.75) is 24.7 Å². The van der Waals surface area contributed by atoms with Crippen LogP contribution in [0.5, 0.6) is 17.4 Å². The molecule has 1 amide bonds. The number of carbonyl (C=O) groups excluding carboxylic acids is 1. The van der Waals surface area contributed by atoms with E-state index >= 15 is 0 Å². The Morgan fingerprint density at radius 3 is 2.68 bits per heavy atom. The van der Waals surface area contributed by atoms with Crippen molar-refractivity contribution < 1.29 is 27.8 Å². The zero-order valence-electron chi connectivity index (χ0n) is 19.6. The molecule has 12 heteroatoms. The molecule has 0 unspecified atom stereocenters. The van der Waals surface area contributed by atoms with Crippen molar-refractivity contribution in [3.8, 4) is 34.6 Å². The van der Waals surface area contributed by atoms with E-state index < -0.39 is 27.5 Å². The summed E-state index contributed by atoms with van der Waals surface area (Å²) in [6.07, 6.45) is 1.91. The Morgan fingerprint density at radius 2 is 1.95 bits per heavy atom. The average Bonchev–Trinajstić information content (AvgIpc) is 3.58. The highest BCUT2D eigenvalue weighted by atomic mass is 32.2. The Balaban J connectivity index is 1.57. The van der Waals surface area contributed by atoms with Gasteiger partial charge in [0.15, 0.2) is 11.5 Å². The van der Waals surface area contributed by atoms with Crippen molar-refractivity contribution in [2.75, 3.05) is 7.11 Å². The molecular weight excluding hydrogens is 498 g/mol. The Morgan fingerprint density at radius 1 is 1.16 bits per heavy atom. The second-order valence-electron chi connectivity index (χ2n) is 8.22. The number of hydrogen-bond donors (Lipinski definition) is 2. The summed E-state index contributed by atoms with van der Waals surface area (Å²) in [5, 5.41) is 18.7. The monoisotopic (exact) mass is 519 g/mol. The van der Waals surface area contributed by atoms with E-state index in [4.69, 9.17) is 9.47 Å². The quantitative estimate of drug-likeness (QED) is 0.340. The van der Waals surface area contributed by atoms with Crippen LogP contribution >= 0.6 is 0 Å². The molecule has 2 N–H and O–H groups in total. The van der Waals surface area contributed by atoms with Gasteiger partial charge in [0.1, 0.15) is 23.3 Å². The Bertz CT molecular complexity index is 1550. The number of ether oxygens (including phenoxy) is 2. The van der Waals surface area contributed by atoms with E-state index in [9.17, 15) is 18.3 Å². The molecule has 2 aromatic heterocycles. The number of benzene rings is 2. The van der Waals surface area contributed by atoms with Crippen LogP contribution in [0.1, 0.15) is 29.0 Å². The van der Waals surface area contributed by atoms with Crippen LogP contribution in [-0.4, -0.2) is 52.4 Å². The summed E-state index contributed by atoms with van der Waals surface area (Å²) in [5.74, 6) is -1.72. The fourth-order valence-corrected chi connectivity index (χ4v) is 4.65. The fourth-order valence-electron chi connectivity index (χ4n) is 3.57. The van der Waals surface area contributed by atoms with Crippen LogP contribution in [0.3, 0.4) is 0 Å². The van der Waals surface area contributed by atoms with E-state index in [1.807, 2.05) is 4.72 Å². The minimum absolute atomic E-state index is 0.0112. The van der Waals surface area contributed by atoms with Crippen LogP contribution in [0.15, 0.2) is 54.6 Å². The van der Waals surface area contributed by atoms with Crippen molar-refractivity contribution in [3.05, 3.63) is 78.1 Å². The lowest BCUT2D eigenvalue weighted by Crippen LogP contribution is -2.33. The minimum Gasteiger partial charge on any atom is -0.506 e. The summed E-state index contributed by atoms with van der Waals surface area (Å²) in [6, 6.07) is 20.0. The van der Waals surface area contributed by atoms with Gasteiger partial charge in [-0.15, -0.1) is 10.2 Å². The van der Waals surface area contributed by atoms with Gasteiger partial charge in [0, 0.05) is 0 Å². The highest BCUT2D eigenvalue weighted by Crippen LogP contribution is 2.35. The summed E-state index contributed by atoms with van der Waals surface area (Å²) in [4.78, 5) is 17.6. The molecule has 0 radical (unpaired) electrons. The number of carbonyl (C=O) groups is 1. The van der Waals surface area contributed by atoms with Crippen molar-refractivity contribution in [2.24, 2.45) is 0 Å². The molecule has 2 aromatic carbocycles. The highest BCUT2D eigenvalue weighted by Gasteiger charge is 2.29. The first kappa shape index (κ1) is 24.1. The molecule has 11 nitrogen and oxygen atoms in total. The van der Waals surface area contributed by atoms with Gasteiger partial charge in [-0.25, -0.2) is 18.1 Å². The van der Waals surface area contributed by atoms with E-state index in [0.717, 1.165) is 17.4 Å². The lowest BCUT2D eigenvalue weighted by atomic mass is 10.2. The summed E-state index contributed by atoms with van der Waals surface area (Å²) >= 11 is 0. The van der Waals surface area contributed by atoms with Gasteiger partial charge in [-0.3, -0.25) is 9.36 Å². The molecule has 1 aliphatic rings. The number of phenolic OH excluding ortho intramolecular Hbond substituents is 1. The molecule has 2 heterocycles. The molecule has 0 spiro atoms. The maximum atomic E-state index is 13.2. The van der Waals surface area contributed by atoms with Crippen LogP contribution < -0.4 is 14.2 Å². The first-order chi connectivity index (χ1) is 17.8. The number of amides is 1. The summed E-state index contributed by atoms with van der Waals surface area (Å²) < 4.78 is 39.8. The molecule has 1 aliphatic carbocycles. The third kappa shape index (κ3) is 5.31. The SMILES string of the molecule is COc1cccc(O)c1-n1c(C(=O)NS(=O)(=O)Cc2ccccc2)nnc1-c1c#ccc(OC2CC2)n1. The molecular formula is C25H21N5O6S. The largest absolute Gasteiger partial charge is 0.506 e. The number of methoxy groups -OCH3 is 1. The van der Waals surface area contributed by atoms with Crippen molar-refractivity contribution >= 4 is 15.9 Å². The van der Waals surface area contributed by atoms with Crippen LogP contribution in [-0.2, 0) is 15.8 Å². The Kier molecular flexibility index (Phi) is 6.37. The molecule has 4 aromatic rings. The molecule has 37 heavy (non-hydrogen) atoms. The van der Waals surface area contributed by atoms with Crippen LogP contribution in [0.4, 0.5) is 0 Å². The van der Waals surface area contributed by atoms with Crippen molar-refractivity contribution in [3.63, 3.8) is 0 Å². The standard InChI is InChI=1S/C25H21N5O6S/c1-35-20-11-6-10-19(31)22(20)30-23(18-9-5-12-21(26-18)36-17-13-14-17)27-28-24(30)25(32)29-37(33,34)15-16-7-3-2-4-8-16/h2-4,6-8,10-12,17,31H,13-15H2,1H3,(H,29,32).